The summed E-state index contributed by atoms with van der Waals surface area (Å²) >= 11 is 0. The van der Waals surface area contributed by atoms with Crippen molar-refractivity contribution >= 4 is 23.3 Å². The molecule has 1 aliphatic rings. The van der Waals surface area contributed by atoms with Crippen LogP contribution < -0.4 is 10.2 Å². The largest absolute Gasteiger partial charge is 0.478 e. The molecule has 6 heteroatoms. The van der Waals surface area contributed by atoms with E-state index in [0.29, 0.717) is 11.3 Å². The molecule has 1 amide bonds. The van der Waals surface area contributed by atoms with Crippen LogP contribution in [0.1, 0.15) is 20.7 Å². The van der Waals surface area contributed by atoms with E-state index in [1.165, 1.54) is 6.07 Å². The SMILES string of the molecule is CN1CCN(c2ccc(C(=O)O)cc2NC(=O)c2ccccc2)CC1. The lowest BCUT2D eigenvalue weighted by molar-refractivity contribution is 0.0696. The molecule has 0 radical (unpaired) electrons. The van der Waals surface area contributed by atoms with Crippen molar-refractivity contribution in [1.29, 1.82) is 0 Å². The van der Waals surface area contributed by atoms with Crippen LogP contribution in [-0.4, -0.2) is 55.1 Å². The Balaban J connectivity index is 1.90. The van der Waals surface area contributed by atoms with E-state index < -0.39 is 5.97 Å². The summed E-state index contributed by atoms with van der Waals surface area (Å²) in [5, 5.41) is 12.1. The zero-order valence-electron chi connectivity index (χ0n) is 14.1. The molecule has 2 aromatic rings. The van der Waals surface area contributed by atoms with E-state index in [1.54, 1.807) is 36.4 Å². The van der Waals surface area contributed by atoms with Gasteiger partial charge in [-0.1, -0.05) is 18.2 Å². The fourth-order valence-electron chi connectivity index (χ4n) is 2.88. The van der Waals surface area contributed by atoms with Gasteiger partial charge < -0.3 is 20.2 Å². The van der Waals surface area contributed by atoms with Gasteiger partial charge in [-0.05, 0) is 37.4 Å². The maximum Gasteiger partial charge on any atom is 0.335 e. The van der Waals surface area contributed by atoms with Gasteiger partial charge in [-0.15, -0.1) is 0 Å². The van der Waals surface area contributed by atoms with Crippen LogP contribution in [0.5, 0.6) is 0 Å². The van der Waals surface area contributed by atoms with Gasteiger partial charge in [0, 0.05) is 31.7 Å². The van der Waals surface area contributed by atoms with Crippen molar-refractivity contribution in [1.82, 2.24) is 4.90 Å². The normalized spacial score (nSPS) is 15.0. The second-order valence-electron chi connectivity index (χ2n) is 6.15. The molecule has 1 saturated heterocycles. The molecule has 25 heavy (non-hydrogen) atoms. The Labute approximate surface area is 146 Å². The molecule has 0 spiro atoms. The van der Waals surface area contributed by atoms with Gasteiger partial charge in [0.25, 0.3) is 5.91 Å². The number of hydrogen-bond donors (Lipinski definition) is 2. The van der Waals surface area contributed by atoms with Crippen molar-refractivity contribution in [3.8, 4) is 0 Å². The van der Waals surface area contributed by atoms with Gasteiger partial charge in [0.15, 0.2) is 0 Å². The summed E-state index contributed by atoms with van der Waals surface area (Å²) < 4.78 is 0. The highest BCUT2D eigenvalue weighted by molar-refractivity contribution is 6.06. The fraction of sp³-hybridized carbons (Fsp3) is 0.263. The highest BCUT2D eigenvalue weighted by Gasteiger charge is 2.19. The van der Waals surface area contributed by atoms with Crippen molar-refractivity contribution in [3.05, 3.63) is 59.7 Å². The average Bonchev–Trinajstić information content (AvgIpc) is 2.63. The van der Waals surface area contributed by atoms with Gasteiger partial charge in [0.05, 0.1) is 16.9 Å². The number of benzene rings is 2. The van der Waals surface area contributed by atoms with E-state index in [1.807, 2.05) is 6.07 Å². The highest BCUT2D eigenvalue weighted by Crippen LogP contribution is 2.29. The Bertz CT molecular complexity index is 769. The minimum atomic E-state index is -1.01. The highest BCUT2D eigenvalue weighted by atomic mass is 16.4. The molecule has 1 aliphatic heterocycles. The Morgan fingerprint density at radius 2 is 1.64 bits per heavy atom. The zero-order chi connectivity index (χ0) is 17.8. The summed E-state index contributed by atoms with van der Waals surface area (Å²) in [7, 11) is 2.07. The van der Waals surface area contributed by atoms with E-state index in [4.69, 9.17) is 0 Å². The first-order valence-corrected chi connectivity index (χ1v) is 8.22. The summed E-state index contributed by atoms with van der Waals surface area (Å²) in [6.45, 7) is 3.51. The van der Waals surface area contributed by atoms with Crippen LogP contribution in [0, 0.1) is 0 Å². The molecule has 0 unspecified atom stereocenters. The van der Waals surface area contributed by atoms with Gasteiger partial charge in [-0.2, -0.15) is 0 Å². The molecule has 1 fully saturated rings. The van der Waals surface area contributed by atoms with Gasteiger partial charge in [0.1, 0.15) is 0 Å². The third-order valence-corrected chi connectivity index (χ3v) is 4.37. The van der Waals surface area contributed by atoms with Crippen molar-refractivity contribution in [2.24, 2.45) is 0 Å². The first kappa shape index (κ1) is 17.0. The number of aromatic carboxylic acids is 1. The number of nitrogens with zero attached hydrogens (tertiary/aromatic N) is 2. The molecule has 2 N–H and O–H groups in total. The molecule has 0 saturated carbocycles. The molecule has 0 atom stereocenters. The van der Waals surface area contributed by atoms with Crippen LogP contribution in [-0.2, 0) is 0 Å². The third kappa shape index (κ3) is 3.97. The molecule has 0 aliphatic carbocycles. The average molecular weight is 339 g/mol. The number of nitrogens with one attached hydrogen (secondary N) is 1. The van der Waals surface area contributed by atoms with Crippen LogP contribution >= 0.6 is 0 Å². The molecule has 6 nitrogen and oxygen atoms in total. The van der Waals surface area contributed by atoms with Crippen molar-refractivity contribution in [2.45, 2.75) is 0 Å². The molecule has 3 rings (SSSR count). The Morgan fingerprint density at radius 1 is 0.960 bits per heavy atom. The van der Waals surface area contributed by atoms with Crippen LogP contribution in [0.15, 0.2) is 48.5 Å². The molecule has 0 bridgehead atoms. The second-order valence-corrected chi connectivity index (χ2v) is 6.15. The van der Waals surface area contributed by atoms with Crippen LogP contribution in [0.4, 0.5) is 11.4 Å². The van der Waals surface area contributed by atoms with E-state index >= 15 is 0 Å². The Hall–Kier alpha value is -2.86. The minimum Gasteiger partial charge on any atom is -0.478 e. The topological polar surface area (TPSA) is 72.9 Å². The standard InChI is InChI=1S/C19H21N3O3/c1-21-9-11-22(12-10-21)17-8-7-15(19(24)25)13-16(17)20-18(23)14-5-3-2-4-6-14/h2-8,13H,9-12H2,1H3,(H,20,23)(H,24,25). The predicted molar refractivity (Wildman–Crippen MR) is 97.5 cm³/mol. The van der Waals surface area contributed by atoms with Crippen molar-refractivity contribution in [3.63, 3.8) is 0 Å². The predicted octanol–water partition coefficient (Wildman–Crippen LogP) is 2.39. The number of likely N-dealkylation sites (N-methyl/N-ethyl adjacent to an activating group) is 1. The monoisotopic (exact) mass is 339 g/mol. The number of hydrogen-bond acceptors (Lipinski definition) is 4. The number of carboxylic acid groups (broad SMARTS) is 1. The lowest BCUT2D eigenvalue weighted by Crippen LogP contribution is -2.44. The molecular formula is C19H21N3O3. The molecule has 1 heterocycles. The first-order valence-electron chi connectivity index (χ1n) is 8.22. The van der Waals surface area contributed by atoms with E-state index in [-0.39, 0.29) is 11.5 Å². The maximum absolute atomic E-state index is 12.5. The number of amides is 1. The first-order chi connectivity index (χ1) is 12.0. The molecular weight excluding hydrogens is 318 g/mol. The smallest absolute Gasteiger partial charge is 0.335 e. The van der Waals surface area contributed by atoms with Gasteiger partial charge in [-0.3, -0.25) is 4.79 Å². The summed E-state index contributed by atoms with van der Waals surface area (Å²) in [6.07, 6.45) is 0. The quantitative estimate of drug-likeness (QED) is 0.895. The van der Waals surface area contributed by atoms with Gasteiger partial charge >= 0.3 is 5.97 Å². The van der Waals surface area contributed by atoms with Gasteiger partial charge in [0.2, 0.25) is 0 Å². The Kier molecular flexibility index (Phi) is 5.00. The minimum absolute atomic E-state index is 0.154. The van der Waals surface area contributed by atoms with Crippen LogP contribution in [0.2, 0.25) is 0 Å². The third-order valence-electron chi connectivity index (χ3n) is 4.37. The van der Waals surface area contributed by atoms with E-state index in [0.717, 1.165) is 31.9 Å². The number of carbonyl (C=O) groups excluding carboxylic acids is 1. The Morgan fingerprint density at radius 3 is 2.28 bits per heavy atom. The number of carboxylic acids is 1. The van der Waals surface area contributed by atoms with Crippen molar-refractivity contribution in [2.75, 3.05) is 43.4 Å². The van der Waals surface area contributed by atoms with E-state index in [9.17, 15) is 14.7 Å². The van der Waals surface area contributed by atoms with Crippen LogP contribution in [0.3, 0.4) is 0 Å². The summed E-state index contributed by atoms with van der Waals surface area (Å²) in [6, 6.07) is 13.8. The number of anilines is 2. The second kappa shape index (κ2) is 7.36. The lowest BCUT2D eigenvalue weighted by Gasteiger charge is -2.35. The molecule has 130 valence electrons. The van der Waals surface area contributed by atoms with E-state index in [2.05, 4.69) is 22.2 Å². The fourth-order valence-corrected chi connectivity index (χ4v) is 2.88. The summed E-state index contributed by atoms with van der Waals surface area (Å²) in [4.78, 5) is 28.2. The zero-order valence-corrected chi connectivity index (χ0v) is 14.1. The number of carbonyl (C=O) groups is 2. The maximum atomic E-state index is 12.5. The summed E-state index contributed by atoms with van der Waals surface area (Å²) in [5.41, 5.74) is 2.06. The molecule has 0 aromatic heterocycles. The van der Waals surface area contributed by atoms with Crippen LogP contribution in [0.25, 0.3) is 0 Å². The molecule has 2 aromatic carbocycles. The number of rotatable bonds is 4. The summed E-state index contributed by atoms with van der Waals surface area (Å²) in [5.74, 6) is -1.27. The van der Waals surface area contributed by atoms with Crippen molar-refractivity contribution < 1.29 is 14.7 Å². The van der Waals surface area contributed by atoms with Gasteiger partial charge in [-0.25, -0.2) is 4.79 Å². The number of piperazine rings is 1. The lowest BCUT2D eigenvalue weighted by atomic mass is 10.1.